The van der Waals surface area contributed by atoms with Gasteiger partial charge in [0.05, 0.1) is 0 Å². The van der Waals surface area contributed by atoms with Crippen molar-refractivity contribution in [2.45, 2.75) is 13.0 Å². The van der Waals surface area contributed by atoms with Gasteiger partial charge in [-0.25, -0.2) is 4.39 Å². The molecule has 2 aromatic heterocycles. The molecule has 0 amide bonds. The van der Waals surface area contributed by atoms with E-state index in [2.05, 4.69) is 6.07 Å². The molecule has 0 aliphatic rings. The van der Waals surface area contributed by atoms with E-state index < -0.39 is 6.10 Å². The molecule has 0 radical (unpaired) electrons. The predicted octanol–water partition coefficient (Wildman–Crippen LogP) is 4.49. The number of aliphatic hydroxyl groups is 1. The Kier molecular flexibility index (Phi) is 2.93. The minimum Gasteiger partial charge on any atom is -0.383 e. The van der Waals surface area contributed by atoms with Gasteiger partial charge in [0.25, 0.3) is 0 Å². The summed E-state index contributed by atoms with van der Waals surface area (Å²) in [5.74, 6) is -0.268. The molecule has 0 fully saturated rings. The summed E-state index contributed by atoms with van der Waals surface area (Å²) in [6, 6.07) is 8.57. The Labute approximate surface area is 112 Å². The van der Waals surface area contributed by atoms with Gasteiger partial charge in [-0.3, -0.25) is 0 Å². The van der Waals surface area contributed by atoms with Crippen molar-refractivity contribution in [3.8, 4) is 0 Å². The van der Waals surface area contributed by atoms with Crippen molar-refractivity contribution in [1.82, 2.24) is 0 Å². The van der Waals surface area contributed by atoms with Crippen molar-refractivity contribution in [1.29, 1.82) is 0 Å². The molecule has 1 N–H and O–H groups in total. The van der Waals surface area contributed by atoms with Crippen LogP contribution in [-0.2, 0) is 0 Å². The third-order valence-corrected chi connectivity index (χ3v) is 5.10. The molecule has 4 heteroatoms. The number of benzene rings is 1. The fourth-order valence-corrected chi connectivity index (χ4v) is 4.14. The number of aryl methyl sites for hydroxylation is 1. The monoisotopic (exact) mass is 278 g/mol. The lowest BCUT2D eigenvalue weighted by Gasteiger charge is -2.11. The van der Waals surface area contributed by atoms with Crippen LogP contribution in [-0.4, -0.2) is 5.11 Å². The van der Waals surface area contributed by atoms with Crippen molar-refractivity contribution in [3.05, 3.63) is 57.5 Å². The molecular weight excluding hydrogens is 267 g/mol. The molecule has 1 atom stereocenters. The van der Waals surface area contributed by atoms with Gasteiger partial charge in [-0.1, -0.05) is 6.07 Å². The summed E-state index contributed by atoms with van der Waals surface area (Å²) in [5.41, 5.74) is 1.55. The molecule has 3 aromatic rings. The summed E-state index contributed by atoms with van der Waals surface area (Å²) >= 11 is 3.25. The first-order chi connectivity index (χ1) is 8.65. The second kappa shape index (κ2) is 4.46. The maximum Gasteiger partial charge on any atom is 0.123 e. The maximum absolute atomic E-state index is 13.1. The van der Waals surface area contributed by atoms with E-state index >= 15 is 0 Å². The van der Waals surface area contributed by atoms with Gasteiger partial charge in [-0.15, -0.1) is 22.7 Å². The predicted molar refractivity (Wildman–Crippen MR) is 74.9 cm³/mol. The van der Waals surface area contributed by atoms with Gasteiger partial charge in [0, 0.05) is 14.3 Å². The van der Waals surface area contributed by atoms with Crippen LogP contribution in [0.1, 0.15) is 22.1 Å². The summed E-state index contributed by atoms with van der Waals surface area (Å²) in [7, 11) is 0. The molecule has 1 nitrogen and oxygen atoms in total. The third kappa shape index (κ3) is 1.96. The minimum absolute atomic E-state index is 0.268. The highest BCUT2D eigenvalue weighted by atomic mass is 32.1. The summed E-state index contributed by atoms with van der Waals surface area (Å²) in [6.45, 7) is 1.82. The third-order valence-electron chi connectivity index (χ3n) is 2.95. The number of hydrogen-bond donors (Lipinski definition) is 1. The highest BCUT2D eigenvalue weighted by Crippen LogP contribution is 2.36. The normalized spacial score (nSPS) is 13.1. The van der Waals surface area contributed by atoms with Crippen LogP contribution >= 0.6 is 22.7 Å². The lowest BCUT2D eigenvalue weighted by molar-refractivity contribution is 0.223. The van der Waals surface area contributed by atoms with Crippen LogP contribution in [0.3, 0.4) is 0 Å². The number of hydrogen-bond acceptors (Lipinski definition) is 3. The zero-order chi connectivity index (χ0) is 12.7. The highest BCUT2D eigenvalue weighted by Gasteiger charge is 2.16. The molecule has 2 heterocycles. The van der Waals surface area contributed by atoms with Gasteiger partial charge in [0.1, 0.15) is 11.9 Å². The van der Waals surface area contributed by atoms with Crippen LogP contribution in [0.15, 0.2) is 35.7 Å². The SMILES string of the molecule is Cc1cc(F)ccc1C(O)c1cc2sccc2s1. The van der Waals surface area contributed by atoms with Gasteiger partial charge in [0.2, 0.25) is 0 Å². The Morgan fingerprint density at radius 3 is 2.72 bits per heavy atom. The zero-order valence-electron chi connectivity index (χ0n) is 9.68. The van der Waals surface area contributed by atoms with E-state index in [1.165, 1.54) is 21.5 Å². The topological polar surface area (TPSA) is 20.2 Å². The van der Waals surface area contributed by atoms with Gasteiger partial charge in [-0.05, 0) is 47.7 Å². The van der Waals surface area contributed by atoms with E-state index in [4.69, 9.17) is 0 Å². The van der Waals surface area contributed by atoms with Gasteiger partial charge >= 0.3 is 0 Å². The standard InChI is InChI=1S/C14H11FOS2/c1-8-6-9(15)2-3-10(8)14(16)13-7-12-11(18-13)4-5-17-12/h2-7,14,16H,1H3. The molecule has 0 spiro atoms. The Balaban J connectivity index is 2.03. The first-order valence-electron chi connectivity index (χ1n) is 5.56. The van der Waals surface area contributed by atoms with Crippen LogP contribution < -0.4 is 0 Å². The fraction of sp³-hybridized carbons (Fsp3) is 0.143. The summed E-state index contributed by atoms with van der Waals surface area (Å²) in [4.78, 5) is 0.909. The Bertz CT molecular complexity index is 670. The molecule has 0 aliphatic heterocycles. The second-order valence-corrected chi connectivity index (χ2v) is 6.26. The molecule has 92 valence electrons. The van der Waals surface area contributed by atoms with Crippen molar-refractivity contribution >= 4 is 32.1 Å². The van der Waals surface area contributed by atoms with Crippen molar-refractivity contribution < 1.29 is 9.50 Å². The maximum atomic E-state index is 13.1. The molecule has 1 aromatic carbocycles. The number of halogens is 1. The Morgan fingerprint density at radius 2 is 2.00 bits per heavy atom. The van der Waals surface area contributed by atoms with Gasteiger partial charge in [0.15, 0.2) is 0 Å². The van der Waals surface area contributed by atoms with E-state index in [0.717, 1.165) is 16.0 Å². The first-order valence-corrected chi connectivity index (χ1v) is 7.26. The number of fused-ring (bicyclic) bond motifs is 1. The lowest BCUT2D eigenvalue weighted by atomic mass is 10.0. The van der Waals surface area contributed by atoms with E-state index in [1.54, 1.807) is 28.7 Å². The average molecular weight is 278 g/mol. The van der Waals surface area contributed by atoms with Gasteiger partial charge in [-0.2, -0.15) is 0 Å². The van der Waals surface area contributed by atoms with Crippen LogP contribution in [0.25, 0.3) is 9.40 Å². The van der Waals surface area contributed by atoms with Crippen molar-refractivity contribution in [3.63, 3.8) is 0 Å². The van der Waals surface area contributed by atoms with Crippen LogP contribution in [0.2, 0.25) is 0 Å². The van der Waals surface area contributed by atoms with E-state index in [9.17, 15) is 9.50 Å². The fourth-order valence-electron chi connectivity index (χ4n) is 2.02. The molecule has 0 saturated heterocycles. The summed E-state index contributed by atoms with van der Waals surface area (Å²) in [5, 5.41) is 12.4. The second-order valence-electron chi connectivity index (χ2n) is 4.20. The quantitative estimate of drug-likeness (QED) is 0.732. The number of rotatable bonds is 2. The molecular formula is C14H11FOS2. The molecule has 0 aliphatic carbocycles. The first kappa shape index (κ1) is 11.8. The van der Waals surface area contributed by atoms with Crippen LogP contribution in [0, 0.1) is 12.7 Å². The van der Waals surface area contributed by atoms with E-state index in [0.29, 0.717) is 0 Å². The highest BCUT2D eigenvalue weighted by molar-refractivity contribution is 7.26. The molecule has 0 bridgehead atoms. The molecule has 1 unspecified atom stereocenters. The van der Waals surface area contributed by atoms with Crippen LogP contribution in [0.5, 0.6) is 0 Å². The Hall–Kier alpha value is -1.23. The number of aliphatic hydroxyl groups excluding tert-OH is 1. The van der Waals surface area contributed by atoms with Crippen LogP contribution in [0.4, 0.5) is 4.39 Å². The average Bonchev–Trinajstić information content (AvgIpc) is 2.87. The molecule has 3 rings (SSSR count). The summed E-state index contributed by atoms with van der Waals surface area (Å²) < 4.78 is 15.4. The largest absolute Gasteiger partial charge is 0.383 e. The number of thiophene rings is 2. The van der Waals surface area contributed by atoms with Crippen molar-refractivity contribution in [2.75, 3.05) is 0 Å². The zero-order valence-corrected chi connectivity index (χ0v) is 11.3. The lowest BCUT2D eigenvalue weighted by Crippen LogP contribution is -2.00. The molecule has 18 heavy (non-hydrogen) atoms. The Morgan fingerprint density at radius 1 is 1.17 bits per heavy atom. The van der Waals surface area contributed by atoms with E-state index in [1.807, 2.05) is 18.4 Å². The smallest absolute Gasteiger partial charge is 0.123 e. The summed E-state index contributed by atoms with van der Waals surface area (Å²) in [6.07, 6.45) is -0.671. The minimum atomic E-state index is -0.671. The van der Waals surface area contributed by atoms with Gasteiger partial charge < -0.3 is 5.11 Å². The van der Waals surface area contributed by atoms with Crippen molar-refractivity contribution in [2.24, 2.45) is 0 Å². The van der Waals surface area contributed by atoms with E-state index in [-0.39, 0.29) is 5.82 Å². The molecule has 0 saturated carbocycles.